The van der Waals surface area contributed by atoms with Crippen molar-refractivity contribution in [2.45, 2.75) is 50.7 Å². The van der Waals surface area contributed by atoms with Crippen molar-refractivity contribution >= 4 is 23.7 Å². The number of nitrogens with one attached hydrogen (secondary N) is 1. The number of anilines is 1. The van der Waals surface area contributed by atoms with E-state index in [1.807, 2.05) is 6.92 Å². The Balaban J connectivity index is 1.67. The maximum atomic E-state index is 12.9. The van der Waals surface area contributed by atoms with Gasteiger partial charge in [0, 0.05) is 12.6 Å². The van der Waals surface area contributed by atoms with Crippen LogP contribution in [0.3, 0.4) is 0 Å². The Bertz CT molecular complexity index is 1150. The normalized spacial score (nSPS) is 23.6. The predicted molar refractivity (Wildman–Crippen MR) is 113 cm³/mol. The second-order valence-corrected chi connectivity index (χ2v) is 7.75. The van der Waals surface area contributed by atoms with E-state index in [0.717, 1.165) is 11.0 Å². The Labute approximate surface area is 193 Å². The van der Waals surface area contributed by atoms with Crippen LogP contribution in [0.25, 0.3) is 0 Å². The Morgan fingerprint density at radius 3 is 2.41 bits per heavy atom. The van der Waals surface area contributed by atoms with Crippen molar-refractivity contribution in [3.05, 3.63) is 58.1 Å². The number of ether oxygens (including phenoxy) is 4. The van der Waals surface area contributed by atoms with Crippen LogP contribution in [0.4, 0.5) is 5.82 Å². The summed E-state index contributed by atoms with van der Waals surface area (Å²) in [5, 5.41) is 8.99. The van der Waals surface area contributed by atoms with Crippen LogP contribution >= 0.6 is 0 Å². The number of fused-ring (bicyclic) bond motifs is 2. The van der Waals surface area contributed by atoms with Crippen molar-refractivity contribution < 1.29 is 38.5 Å². The molecule has 0 spiro atoms. The van der Waals surface area contributed by atoms with Gasteiger partial charge in [0.05, 0.1) is 11.1 Å². The zero-order valence-electron chi connectivity index (χ0n) is 18.2. The summed E-state index contributed by atoms with van der Waals surface area (Å²) in [7, 11) is 0. The molecule has 0 bridgehead atoms. The molecule has 0 saturated carbocycles. The fourth-order valence-corrected chi connectivity index (χ4v) is 3.78. The number of aromatic nitrogens is 2. The second kappa shape index (κ2) is 10.0. The lowest BCUT2D eigenvalue weighted by Gasteiger charge is -2.27. The van der Waals surface area contributed by atoms with Gasteiger partial charge in [0.2, 0.25) is 0 Å². The number of carbonyl (C=O) groups excluding carboxylic acids is 3. The van der Waals surface area contributed by atoms with Gasteiger partial charge in [0.1, 0.15) is 12.7 Å². The van der Waals surface area contributed by atoms with E-state index in [1.165, 1.54) is 24.4 Å². The minimum absolute atomic E-state index is 0.00411. The minimum atomic E-state index is -1.24. The van der Waals surface area contributed by atoms with E-state index in [0.29, 0.717) is 6.42 Å². The number of benzene rings is 1. The lowest BCUT2D eigenvalue weighted by molar-refractivity contribution is -0.150. The molecule has 180 valence electrons. The molecule has 34 heavy (non-hydrogen) atoms. The molecular weight excluding hydrogens is 450 g/mol. The van der Waals surface area contributed by atoms with E-state index < -0.39 is 48.1 Å². The number of rotatable bonds is 7. The highest BCUT2D eigenvalue weighted by atomic mass is 16.7. The van der Waals surface area contributed by atoms with Crippen LogP contribution in [0.2, 0.25) is 0 Å². The fraction of sp³-hybridized carbons (Fsp3) is 0.409. The van der Waals surface area contributed by atoms with Gasteiger partial charge in [-0.3, -0.25) is 20.0 Å². The molecule has 0 unspecified atom stereocenters. The molecule has 3 heterocycles. The van der Waals surface area contributed by atoms with E-state index in [9.17, 15) is 19.2 Å². The average Bonchev–Trinajstić information content (AvgIpc) is 3.16. The Kier molecular flexibility index (Phi) is 6.89. The summed E-state index contributed by atoms with van der Waals surface area (Å²) in [6.45, 7) is 1.65. The molecule has 2 aliphatic heterocycles. The summed E-state index contributed by atoms with van der Waals surface area (Å²) < 4.78 is 23.5. The van der Waals surface area contributed by atoms with Crippen LogP contribution in [-0.2, 0) is 23.7 Å². The largest absolute Gasteiger partial charge is 0.463 e. The van der Waals surface area contributed by atoms with Gasteiger partial charge in [0.15, 0.2) is 24.3 Å². The summed E-state index contributed by atoms with van der Waals surface area (Å²) in [5.41, 5.74) is 0.962. The Morgan fingerprint density at radius 2 is 1.79 bits per heavy atom. The highest BCUT2D eigenvalue weighted by molar-refractivity contribution is 6.03. The summed E-state index contributed by atoms with van der Waals surface area (Å²) in [4.78, 5) is 54.0. The van der Waals surface area contributed by atoms with Crippen molar-refractivity contribution in [1.82, 2.24) is 9.55 Å². The van der Waals surface area contributed by atoms with E-state index in [2.05, 4.69) is 4.98 Å². The third kappa shape index (κ3) is 4.63. The van der Waals surface area contributed by atoms with E-state index in [4.69, 9.17) is 24.2 Å². The smallest absolute Gasteiger partial charge is 0.351 e. The Morgan fingerprint density at radius 1 is 1.12 bits per heavy atom. The first kappa shape index (κ1) is 23.4. The number of hydrogen-bond acceptors (Lipinski definition) is 11. The number of carbonyl (C=O) groups is 3. The quantitative estimate of drug-likeness (QED) is 0.341. The molecule has 12 heteroatoms. The van der Waals surface area contributed by atoms with Gasteiger partial charge in [-0.25, -0.2) is 14.4 Å². The first-order valence-corrected chi connectivity index (χ1v) is 10.7. The van der Waals surface area contributed by atoms with Crippen LogP contribution in [0.1, 0.15) is 53.1 Å². The molecule has 1 saturated heterocycles. The van der Waals surface area contributed by atoms with Crippen molar-refractivity contribution in [3.63, 3.8) is 0 Å². The van der Waals surface area contributed by atoms with Crippen LogP contribution in [-0.4, -0.2) is 57.6 Å². The lowest BCUT2D eigenvalue weighted by Crippen LogP contribution is -2.44. The zero-order chi connectivity index (χ0) is 24.2. The molecule has 2 N–H and O–H groups in total. The monoisotopic (exact) mass is 473 g/mol. The number of nitrogens with zero attached hydrogens (tertiary/aromatic N) is 2. The molecule has 1 aromatic carbocycles. The first-order chi connectivity index (χ1) is 16.4. The Hall–Kier alpha value is -3.77. The van der Waals surface area contributed by atoms with Gasteiger partial charge in [-0.05, 0) is 24.6 Å². The molecule has 0 radical (unpaired) electrons. The molecule has 0 aliphatic carbocycles. The van der Waals surface area contributed by atoms with Crippen LogP contribution < -0.4 is 11.2 Å². The molecule has 2 aliphatic rings. The van der Waals surface area contributed by atoms with Gasteiger partial charge < -0.3 is 18.9 Å². The van der Waals surface area contributed by atoms with Gasteiger partial charge in [0.25, 0.3) is 0 Å². The molecule has 1 aromatic heterocycles. The molecule has 2 aromatic rings. The van der Waals surface area contributed by atoms with E-state index >= 15 is 0 Å². The zero-order valence-corrected chi connectivity index (χ0v) is 18.2. The highest BCUT2D eigenvalue weighted by Gasteiger charge is 2.52. The summed E-state index contributed by atoms with van der Waals surface area (Å²) in [5.74, 6) is -2.14. The standard InChI is InChI=1S/C22H23N3O9/c1-2-3-8-16(26)31-11-14-17-18(19(32-14)25-10-9-15(24-30)23-22(25)29)34-21(28)13-7-5-4-6-12(13)20(27)33-17/h4-7,9-10,14,17-19,30H,2-3,8,11H2,1H3,(H,23,24,29)/t14-,17-,18-,19-/m1/s1. The number of unbranched alkanes of at least 4 members (excludes halogenated alkanes) is 1. The summed E-state index contributed by atoms with van der Waals surface area (Å²) in [6.07, 6.45) is -1.73. The third-order valence-corrected chi connectivity index (χ3v) is 5.50. The minimum Gasteiger partial charge on any atom is -0.463 e. The predicted octanol–water partition coefficient (Wildman–Crippen LogP) is 1.44. The van der Waals surface area contributed by atoms with Crippen LogP contribution in [0.15, 0.2) is 41.3 Å². The summed E-state index contributed by atoms with van der Waals surface area (Å²) in [6, 6.07) is 7.30. The lowest BCUT2D eigenvalue weighted by atomic mass is 10.0. The number of esters is 3. The molecular formula is C22H23N3O9. The van der Waals surface area contributed by atoms with Crippen LogP contribution in [0, 0.1) is 0 Å². The SMILES string of the molecule is CCCCC(=O)OC[C@H]1O[C@@H](n2ccc(NO)nc2=O)[C@@H]2OC(=O)c3ccccc3C(=O)O[C@@H]21. The second-order valence-electron chi connectivity index (χ2n) is 7.75. The topological polar surface area (TPSA) is 155 Å². The van der Waals surface area contributed by atoms with Gasteiger partial charge in [-0.2, -0.15) is 4.98 Å². The molecule has 4 atom stereocenters. The van der Waals surface area contributed by atoms with E-state index in [-0.39, 0.29) is 30.0 Å². The molecule has 4 rings (SSSR count). The van der Waals surface area contributed by atoms with Gasteiger partial charge in [-0.15, -0.1) is 0 Å². The summed E-state index contributed by atoms with van der Waals surface area (Å²) >= 11 is 0. The van der Waals surface area contributed by atoms with E-state index in [1.54, 1.807) is 17.6 Å². The number of hydrogen-bond donors (Lipinski definition) is 2. The van der Waals surface area contributed by atoms with Crippen molar-refractivity contribution in [3.8, 4) is 0 Å². The molecule has 0 amide bonds. The average molecular weight is 473 g/mol. The molecule has 12 nitrogen and oxygen atoms in total. The van der Waals surface area contributed by atoms with Crippen LogP contribution in [0.5, 0.6) is 0 Å². The third-order valence-electron chi connectivity index (χ3n) is 5.50. The van der Waals surface area contributed by atoms with Gasteiger partial charge >= 0.3 is 23.6 Å². The fourth-order valence-electron chi connectivity index (χ4n) is 3.78. The maximum absolute atomic E-state index is 12.9. The van der Waals surface area contributed by atoms with Crippen molar-refractivity contribution in [2.75, 3.05) is 12.1 Å². The first-order valence-electron chi connectivity index (χ1n) is 10.7. The van der Waals surface area contributed by atoms with Crippen molar-refractivity contribution in [2.24, 2.45) is 0 Å². The maximum Gasteiger partial charge on any atom is 0.351 e. The van der Waals surface area contributed by atoms with Crippen molar-refractivity contribution in [1.29, 1.82) is 0 Å². The highest BCUT2D eigenvalue weighted by Crippen LogP contribution is 2.36. The molecule has 1 fully saturated rings. The van der Waals surface area contributed by atoms with Gasteiger partial charge in [-0.1, -0.05) is 25.5 Å².